The van der Waals surface area contributed by atoms with Crippen LogP contribution in [0.1, 0.15) is 36.3 Å². The number of rotatable bonds is 4. The van der Waals surface area contributed by atoms with Gasteiger partial charge in [-0.25, -0.2) is 4.98 Å². The van der Waals surface area contributed by atoms with Gasteiger partial charge in [-0.2, -0.15) is 0 Å². The van der Waals surface area contributed by atoms with Gasteiger partial charge < -0.3 is 11.1 Å². The molecule has 1 amide bonds. The van der Waals surface area contributed by atoms with Gasteiger partial charge >= 0.3 is 0 Å². The highest BCUT2D eigenvalue weighted by Gasteiger charge is 2.26. The molecule has 0 aromatic carbocycles. The zero-order valence-corrected chi connectivity index (χ0v) is 12.6. The second-order valence-corrected chi connectivity index (χ2v) is 6.91. The van der Waals surface area contributed by atoms with Gasteiger partial charge in [0.2, 0.25) is 5.91 Å². The lowest BCUT2D eigenvalue weighted by Crippen LogP contribution is -2.48. The number of nitrogens with one attached hydrogen (secondary N) is 1. The number of hydrogen-bond acceptors (Lipinski definition) is 4. The lowest BCUT2D eigenvalue weighted by molar-refractivity contribution is -0.124. The second-order valence-electron chi connectivity index (χ2n) is 5.63. The molecule has 0 radical (unpaired) electrons. The van der Waals surface area contributed by atoms with E-state index in [9.17, 15) is 4.79 Å². The molecule has 4 nitrogen and oxygen atoms in total. The molecule has 0 spiro atoms. The summed E-state index contributed by atoms with van der Waals surface area (Å²) in [6.07, 6.45) is 0.819. The van der Waals surface area contributed by atoms with E-state index in [0.717, 1.165) is 17.1 Å². The maximum atomic E-state index is 11.8. The molecule has 102 valence electrons. The van der Waals surface area contributed by atoms with Gasteiger partial charge in [-0.3, -0.25) is 4.79 Å². The first-order valence-electron chi connectivity index (χ1n) is 6.18. The van der Waals surface area contributed by atoms with Crippen molar-refractivity contribution < 1.29 is 4.79 Å². The average molecular weight is 269 g/mol. The molecule has 0 unspecified atom stereocenters. The highest BCUT2D eigenvalue weighted by atomic mass is 32.1. The number of aryl methyl sites for hydroxylation is 2. The monoisotopic (exact) mass is 269 g/mol. The summed E-state index contributed by atoms with van der Waals surface area (Å²) in [6.45, 7) is 10.5. The summed E-state index contributed by atoms with van der Waals surface area (Å²) >= 11 is 1.69. The summed E-state index contributed by atoms with van der Waals surface area (Å²) in [7, 11) is 0. The largest absolute Gasteiger partial charge is 0.354 e. The molecule has 5 heteroatoms. The van der Waals surface area contributed by atoms with Crippen LogP contribution in [-0.4, -0.2) is 23.5 Å². The number of carbonyl (C=O) groups excluding carboxylic acids is 1. The Morgan fingerprint density at radius 3 is 2.50 bits per heavy atom. The minimum Gasteiger partial charge on any atom is -0.354 e. The first-order valence-corrected chi connectivity index (χ1v) is 6.99. The summed E-state index contributed by atoms with van der Waals surface area (Å²) < 4.78 is 0. The van der Waals surface area contributed by atoms with Gasteiger partial charge in [0.15, 0.2) is 0 Å². The van der Waals surface area contributed by atoms with E-state index >= 15 is 0 Å². The lowest BCUT2D eigenvalue weighted by Gasteiger charge is -2.25. The van der Waals surface area contributed by atoms with Crippen LogP contribution in [0.3, 0.4) is 0 Å². The van der Waals surface area contributed by atoms with Gasteiger partial charge in [0.05, 0.1) is 16.7 Å². The highest BCUT2D eigenvalue weighted by Crippen LogP contribution is 2.18. The van der Waals surface area contributed by atoms with Crippen LogP contribution >= 0.6 is 11.3 Å². The van der Waals surface area contributed by atoms with Crippen LogP contribution in [0.5, 0.6) is 0 Å². The van der Waals surface area contributed by atoms with Crippen molar-refractivity contribution in [2.24, 2.45) is 11.1 Å². The number of hydrogen-bond donors (Lipinski definition) is 2. The smallest absolute Gasteiger partial charge is 0.237 e. The van der Waals surface area contributed by atoms with E-state index in [0.29, 0.717) is 6.54 Å². The van der Waals surface area contributed by atoms with Crippen LogP contribution in [0.4, 0.5) is 0 Å². The fraction of sp³-hybridized carbons (Fsp3) is 0.692. The third-order valence-electron chi connectivity index (χ3n) is 2.87. The van der Waals surface area contributed by atoms with E-state index in [1.54, 1.807) is 11.3 Å². The molecule has 18 heavy (non-hydrogen) atoms. The first kappa shape index (κ1) is 15.1. The van der Waals surface area contributed by atoms with Gasteiger partial charge in [0, 0.05) is 17.8 Å². The SMILES string of the molecule is Cc1nc(C)c(CCNC(=O)[C@@H](N)C(C)(C)C)s1. The Hall–Kier alpha value is -0.940. The van der Waals surface area contributed by atoms with Gasteiger partial charge in [-0.05, 0) is 19.3 Å². The number of carbonyl (C=O) groups is 1. The van der Waals surface area contributed by atoms with Crippen LogP contribution in [0.15, 0.2) is 0 Å². The fourth-order valence-electron chi connectivity index (χ4n) is 1.61. The minimum absolute atomic E-state index is 0.0820. The topological polar surface area (TPSA) is 68.0 Å². The number of nitrogens with zero attached hydrogens (tertiary/aromatic N) is 1. The summed E-state index contributed by atoms with van der Waals surface area (Å²) in [5.41, 5.74) is 6.74. The van der Waals surface area contributed by atoms with E-state index < -0.39 is 6.04 Å². The number of nitrogens with two attached hydrogens (primary N) is 1. The van der Waals surface area contributed by atoms with E-state index in [2.05, 4.69) is 10.3 Å². The van der Waals surface area contributed by atoms with Crippen molar-refractivity contribution >= 4 is 17.2 Å². The average Bonchev–Trinajstić information content (AvgIpc) is 2.55. The zero-order chi connectivity index (χ0) is 13.9. The predicted molar refractivity (Wildman–Crippen MR) is 75.7 cm³/mol. The summed E-state index contributed by atoms with van der Waals surface area (Å²) in [6, 6.07) is -0.471. The van der Waals surface area contributed by atoms with Crippen molar-refractivity contribution in [3.8, 4) is 0 Å². The van der Waals surface area contributed by atoms with Crippen molar-refractivity contribution in [1.29, 1.82) is 0 Å². The normalized spacial score (nSPS) is 13.4. The third-order valence-corrected chi connectivity index (χ3v) is 4.00. The Labute approximate surface area is 113 Å². The molecule has 0 aliphatic rings. The first-order chi connectivity index (χ1) is 8.21. The molecule has 1 aromatic rings. The van der Waals surface area contributed by atoms with Crippen LogP contribution in [0.2, 0.25) is 0 Å². The van der Waals surface area contributed by atoms with Crippen molar-refractivity contribution in [1.82, 2.24) is 10.3 Å². The van der Waals surface area contributed by atoms with E-state index in [4.69, 9.17) is 5.73 Å². The highest BCUT2D eigenvalue weighted by molar-refractivity contribution is 7.11. The quantitative estimate of drug-likeness (QED) is 0.875. The molecule has 0 saturated carbocycles. The molecule has 0 aliphatic heterocycles. The molecule has 0 saturated heterocycles. The van der Waals surface area contributed by atoms with Crippen molar-refractivity contribution in [2.45, 2.75) is 47.1 Å². The maximum absolute atomic E-state index is 11.8. The van der Waals surface area contributed by atoms with Crippen LogP contribution in [-0.2, 0) is 11.2 Å². The summed E-state index contributed by atoms with van der Waals surface area (Å²) in [4.78, 5) is 17.4. The molecule has 1 aromatic heterocycles. The van der Waals surface area contributed by atoms with Gasteiger partial charge in [0.1, 0.15) is 0 Å². The molecule has 0 aliphatic carbocycles. The molecule has 3 N–H and O–H groups in total. The van der Waals surface area contributed by atoms with E-state index in [1.165, 1.54) is 4.88 Å². The molecule has 1 atom stereocenters. The Morgan fingerprint density at radius 2 is 2.06 bits per heavy atom. The zero-order valence-electron chi connectivity index (χ0n) is 11.8. The Morgan fingerprint density at radius 1 is 1.44 bits per heavy atom. The van der Waals surface area contributed by atoms with Crippen molar-refractivity contribution in [2.75, 3.05) is 6.54 Å². The van der Waals surface area contributed by atoms with Crippen LogP contribution in [0.25, 0.3) is 0 Å². The molecular weight excluding hydrogens is 246 g/mol. The van der Waals surface area contributed by atoms with Crippen LogP contribution < -0.4 is 11.1 Å². The Balaban J connectivity index is 2.43. The Bertz CT molecular complexity index is 420. The predicted octanol–water partition coefficient (Wildman–Crippen LogP) is 1.79. The van der Waals surface area contributed by atoms with Crippen LogP contribution in [0, 0.1) is 19.3 Å². The molecule has 1 heterocycles. The van der Waals surface area contributed by atoms with Crippen molar-refractivity contribution in [3.63, 3.8) is 0 Å². The summed E-state index contributed by atoms with van der Waals surface area (Å²) in [5, 5.41) is 3.96. The lowest BCUT2D eigenvalue weighted by atomic mass is 9.87. The Kier molecular flexibility index (Phi) is 4.87. The molecule has 0 bridgehead atoms. The standard InChI is InChI=1S/C13H23N3OS/c1-8-10(18-9(2)16-8)6-7-15-12(17)11(14)13(3,4)5/h11H,6-7,14H2,1-5H3,(H,15,17)/t11-/m1/s1. The van der Waals surface area contributed by atoms with Crippen molar-refractivity contribution in [3.05, 3.63) is 15.6 Å². The number of amides is 1. The second kappa shape index (κ2) is 5.80. The summed E-state index contributed by atoms with van der Waals surface area (Å²) in [5.74, 6) is -0.0820. The van der Waals surface area contributed by atoms with Gasteiger partial charge in [0.25, 0.3) is 0 Å². The number of aromatic nitrogens is 1. The maximum Gasteiger partial charge on any atom is 0.237 e. The van der Waals surface area contributed by atoms with Gasteiger partial charge in [-0.15, -0.1) is 11.3 Å². The molecule has 1 rings (SSSR count). The van der Waals surface area contributed by atoms with E-state index in [1.807, 2.05) is 34.6 Å². The van der Waals surface area contributed by atoms with E-state index in [-0.39, 0.29) is 11.3 Å². The molecule has 0 fully saturated rings. The fourth-order valence-corrected chi connectivity index (χ4v) is 2.54. The minimum atomic E-state index is -0.471. The number of thiazole rings is 1. The van der Waals surface area contributed by atoms with Gasteiger partial charge in [-0.1, -0.05) is 20.8 Å². The third kappa shape index (κ3) is 4.07. The molecular formula is C13H23N3OS.